The van der Waals surface area contributed by atoms with Crippen LogP contribution in [0.1, 0.15) is 30.9 Å². The molecule has 1 atom stereocenters. The van der Waals surface area contributed by atoms with Crippen molar-refractivity contribution in [1.29, 1.82) is 0 Å². The SMILES string of the molecule is Cc1cc(/C(N)=N/O)ccc1N(C)C(C)C1CC1. The fraction of sp³-hybridized carbons (Fsp3) is 0.500. The van der Waals surface area contributed by atoms with Crippen molar-refractivity contribution in [3.8, 4) is 0 Å². The summed E-state index contributed by atoms with van der Waals surface area (Å²) in [5.41, 5.74) is 8.71. The average molecular weight is 247 g/mol. The first kappa shape index (κ1) is 12.7. The van der Waals surface area contributed by atoms with Crippen LogP contribution in [0.5, 0.6) is 0 Å². The van der Waals surface area contributed by atoms with Gasteiger partial charge in [0.05, 0.1) is 0 Å². The van der Waals surface area contributed by atoms with E-state index in [0.29, 0.717) is 6.04 Å². The number of anilines is 1. The van der Waals surface area contributed by atoms with E-state index in [-0.39, 0.29) is 5.84 Å². The number of amidine groups is 1. The molecule has 4 heteroatoms. The van der Waals surface area contributed by atoms with E-state index < -0.39 is 0 Å². The fourth-order valence-electron chi connectivity index (χ4n) is 2.38. The normalized spacial score (nSPS) is 17.6. The number of nitrogens with two attached hydrogens (primary N) is 1. The van der Waals surface area contributed by atoms with Gasteiger partial charge < -0.3 is 15.8 Å². The smallest absolute Gasteiger partial charge is 0.170 e. The molecule has 18 heavy (non-hydrogen) atoms. The van der Waals surface area contributed by atoms with Crippen LogP contribution in [0.3, 0.4) is 0 Å². The Morgan fingerprint density at radius 3 is 2.67 bits per heavy atom. The lowest BCUT2D eigenvalue weighted by molar-refractivity contribution is 0.318. The Morgan fingerprint density at radius 1 is 1.50 bits per heavy atom. The van der Waals surface area contributed by atoms with Gasteiger partial charge in [-0.2, -0.15) is 0 Å². The number of aryl methyl sites for hydroxylation is 1. The standard InChI is InChI=1S/C14H21N3O/c1-9-8-12(14(15)16-18)6-7-13(9)17(3)10(2)11-4-5-11/h6-8,10-11,18H,4-5H2,1-3H3,(H2,15,16). The minimum absolute atomic E-state index is 0.155. The minimum Gasteiger partial charge on any atom is -0.409 e. The zero-order chi connectivity index (χ0) is 13.3. The quantitative estimate of drug-likeness (QED) is 0.371. The molecule has 1 unspecified atom stereocenters. The Labute approximate surface area is 108 Å². The van der Waals surface area contributed by atoms with E-state index in [1.165, 1.54) is 18.5 Å². The largest absolute Gasteiger partial charge is 0.409 e. The highest BCUT2D eigenvalue weighted by Gasteiger charge is 2.31. The van der Waals surface area contributed by atoms with Crippen molar-refractivity contribution in [3.05, 3.63) is 29.3 Å². The number of hydrogen-bond acceptors (Lipinski definition) is 3. The van der Waals surface area contributed by atoms with Crippen molar-refractivity contribution >= 4 is 11.5 Å². The number of rotatable bonds is 4. The Kier molecular flexibility index (Phi) is 3.45. The van der Waals surface area contributed by atoms with Gasteiger partial charge >= 0.3 is 0 Å². The second kappa shape index (κ2) is 4.88. The topological polar surface area (TPSA) is 61.9 Å². The number of benzene rings is 1. The highest BCUT2D eigenvalue weighted by Crippen LogP contribution is 2.36. The molecule has 0 aliphatic heterocycles. The molecule has 0 aromatic heterocycles. The molecule has 1 aromatic carbocycles. The summed E-state index contributed by atoms with van der Waals surface area (Å²) in [4.78, 5) is 2.32. The van der Waals surface area contributed by atoms with E-state index in [1.807, 2.05) is 18.2 Å². The maximum atomic E-state index is 8.68. The molecule has 3 N–H and O–H groups in total. The lowest BCUT2D eigenvalue weighted by Gasteiger charge is -2.28. The van der Waals surface area contributed by atoms with Crippen LogP contribution in [-0.2, 0) is 0 Å². The molecule has 1 fully saturated rings. The second-order valence-corrected chi connectivity index (χ2v) is 5.18. The average Bonchev–Trinajstić information content (AvgIpc) is 3.20. The maximum absolute atomic E-state index is 8.68. The predicted octanol–water partition coefficient (Wildman–Crippen LogP) is 2.32. The second-order valence-electron chi connectivity index (χ2n) is 5.18. The summed E-state index contributed by atoms with van der Waals surface area (Å²) in [5.74, 6) is 0.987. The van der Waals surface area contributed by atoms with Gasteiger partial charge in [-0.15, -0.1) is 0 Å². The first-order chi connectivity index (χ1) is 8.54. The van der Waals surface area contributed by atoms with E-state index in [2.05, 4.69) is 31.0 Å². The fourth-order valence-corrected chi connectivity index (χ4v) is 2.38. The van der Waals surface area contributed by atoms with E-state index in [1.54, 1.807) is 0 Å². The molecule has 0 saturated heterocycles. The van der Waals surface area contributed by atoms with Crippen LogP contribution < -0.4 is 10.6 Å². The summed E-state index contributed by atoms with van der Waals surface area (Å²) in [7, 11) is 2.13. The van der Waals surface area contributed by atoms with Crippen LogP contribution >= 0.6 is 0 Å². The molecule has 0 bridgehead atoms. The van der Waals surface area contributed by atoms with E-state index in [4.69, 9.17) is 10.9 Å². The molecule has 1 aromatic rings. The Hall–Kier alpha value is -1.71. The molecule has 1 aliphatic carbocycles. The van der Waals surface area contributed by atoms with E-state index in [9.17, 15) is 0 Å². The van der Waals surface area contributed by atoms with Gasteiger partial charge in [-0.3, -0.25) is 0 Å². The van der Waals surface area contributed by atoms with Crippen LogP contribution in [-0.4, -0.2) is 24.1 Å². The Morgan fingerprint density at radius 2 is 2.17 bits per heavy atom. The Balaban J connectivity index is 2.23. The zero-order valence-corrected chi connectivity index (χ0v) is 11.2. The van der Waals surface area contributed by atoms with Crippen LogP contribution in [0.4, 0.5) is 5.69 Å². The van der Waals surface area contributed by atoms with Gasteiger partial charge in [0, 0.05) is 24.3 Å². The molecule has 0 radical (unpaired) electrons. The summed E-state index contributed by atoms with van der Waals surface area (Å²) in [6.07, 6.45) is 2.68. The summed E-state index contributed by atoms with van der Waals surface area (Å²) >= 11 is 0. The van der Waals surface area contributed by atoms with Crippen LogP contribution in [0.25, 0.3) is 0 Å². The van der Waals surface area contributed by atoms with Crippen LogP contribution in [0, 0.1) is 12.8 Å². The highest BCUT2D eigenvalue weighted by molar-refractivity contribution is 5.97. The predicted molar refractivity (Wildman–Crippen MR) is 74.3 cm³/mol. The van der Waals surface area contributed by atoms with Gasteiger partial charge in [0.1, 0.15) is 0 Å². The van der Waals surface area contributed by atoms with Crippen molar-refractivity contribution in [2.75, 3.05) is 11.9 Å². The summed E-state index contributed by atoms with van der Waals surface area (Å²) in [6.45, 7) is 4.33. The third kappa shape index (κ3) is 2.42. The van der Waals surface area contributed by atoms with Crippen molar-refractivity contribution in [2.45, 2.75) is 32.7 Å². The van der Waals surface area contributed by atoms with Gasteiger partial charge in [0.2, 0.25) is 0 Å². The summed E-state index contributed by atoms with van der Waals surface area (Å²) in [6, 6.07) is 6.47. The molecular formula is C14H21N3O. The molecule has 98 valence electrons. The van der Waals surface area contributed by atoms with E-state index >= 15 is 0 Å². The van der Waals surface area contributed by atoms with Crippen LogP contribution in [0.2, 0.25) is 0 Å². The molecule has 1 saturated carbocycles. The van der Waals surface area contributed by atoms with Gasteiger partial charge in [0.25, 0.3) is 0 Å². The lowest BCUT2D eigenvalue weighted by Crippen LogP contribution is -2.31. The lowest BCUT2D eigenvalue weighted by atomic mass is 10.1. The van der Waals surface area contributed by atoms with Crippen molar-refractivity contribution in [2.24, 2.45) is 16.8 Å². The van der Waals surface area contributed by atoms with Crippen LogP contribution in [0.15, 0.2) is 23.4 Å². The molecule has 2 rings (SSSR count). The molecule has 0 spiro atoms. The van der Waals surface area contributed by atoms with Gasteiger partial charge in [0.15, 0.2) is 5.84 Å². The van der Waals surface area contributed by atoms with Gasteiger partial charge in [-0.1, -0.05) is 5.16 Å². The van der Waals surface area contributed by atoms with Crippen molar-refractivity contribution < 1.29 is 5.21 Å². The first-order valence-electron chi connectivity index (χ1n) is 6.36. The molecular weight excluding hydrogens is 226 g/mol. The molecule has 0 amide bonds. The molecule has 4 nitrogen and oxygen atoms in total. The van der Waals surface area contributed by atoms with Crippen molar-refractivity contribution in [1.82, 2.24) is 0 Å². The number of hydrogen-bond donors (Lipinski definition) is 2. The highest BCUT2D eigenvalue weighted by atomic mass is 16.4. The summed E-state index contributed by atoms with van der Waals surface area (Å²) in [5, 5.41) is 11.7. The first-order valence-corrected chi connectivity index (χ1v) is 6.36. The number of nitrogens with zero attached hydrogens (tertiary/aromatic N) is 2. The van der Waals surface area contributed by atoms with Gasteiger partial charge in [-0.05, 0) is 56.4 Å². The Bertz CT molecular complexity index is 466. The summed E-state index contributed by atoms with van der Waals surface area (Å²) < 4.78 is 0. The molecule has 0 heterocycles. The molecule has 1 aliphatic rings. The van der Waals surface area contributed by atoms with Crippen molar-refractivity contribution in [3.63, 3.8) is 0 Å². The van der Waals surface area contributed by atoms with Gasteiger partial charge in [-0.25, -0.2) is 0 Å². The van der Waals surface area contributed by atoms with E-state index in [0.717, 1.165) is 17.0 Å². The number of oxime groups is 1. The zero-order valence-electron chi connectivity index (χ0n) is 11.2. The minimum atomic E-state index is 0.155. The maximum Gasteiger partial charge on any atom is 0.170 e. The third-order valence-corrected chi connectivity index (χ3v) is 3.90. The monoisotopic (exact) mass is 247 g/mol. The third-order valence-electron chi connectivity index (χ3n) is 3.90.